The van der Waals surface area contributed by atoms with Gasteiger partial charge >= 0.3 is 0 Å². The lowest BCUT2D eigenvalue weighted by Crippen LogP contribution is -2.40. The fourth-order valence-corrected chi connectivity index (χ4v) is 4.19. The zero-order valence-electron chi connectivity index (χ0n) is 16.5. The van der Waals surface area contributed by atoms with E-state index in [0.717, 1.165) is 40.8 Å². The smallest absolute Gasteiger partial charge is 0.228 e. The van der Waals surface area contributed by atoms with Gasteiger partial charge in [0, 0.05) is 42.1 Å². The zero-order valence-corrected chi connectivity index (χ0v) is 16.5. The lowest BCUT2D eigenvalue weighted by atomic mass is 9.85. The molecule has 0 saturated carbocycles. The molecule has 150 valence electrons. The molecule has 1 aliphatic heterocycles. The van der Waals surface area contributed by atoms with Crippen molar-refractivity contribution in [3.05, 3.63) is 78.6 Å². The highest BCUT2D eigenvalue weighted by molar-refractivity contribution is 5.99. The highest BCUT2D eigenvalue weighted by atomic mass is 16.1. The van der Waals surface area contributed by atoms with Crippen LogP contribution in [0.1, 0.15) is 17.9 Å². The number of fused-ring (bicyclic) bond motifs is 1. The van der Waals surface area contributed by atoms with Gasteiger partial charge in [-0.25, -0.2) is 0 Å². The molecule has 5 rings (SSSR count). The third-order valence-corrected chi connectivity index (χ3v) is 5.78. The van der Waals surface area contributed by atoms with Crippen LogP contribution in [0.4, 0.5) is 5.69 Å². The van der Waals surface area contributed by atoms with Gasteiger partial charge < -0.3 is 10.6 Å². The molecule has 0 spiro atoms. The van der Waals surface area contributed by atoms with E-state index in [4.69, 9.17) is 0 Å². The van der Waals surface area contributed by atoms with Gasteiger partial charge in [-0.05, 0) is 48.2 Å². The topological polar surface area (TPSA) is 82.7 Å². The molecule has 1 saturated heterocycles. The summed E-state index contributed by atoms with van der Waals surface area (Å²) in [6, 6.07) is 20.1. The summed E-state index contributed by atoms with van der Waals surface area (Å²) in [5.74, 6) is 0.338. The summed E-state index contributed by atoms with van der Waals surface area (Å²) >= 11 is 0. The molecule has 0 aliphatic carbocycles. The van der Waals surface area contributed by atoms with E-state index in [-0.39, 0.29) is 11.8 Å². The molecule has 2 aromatic carbocycles. The number of benzene rings is 2. The summed E-state index contributed by atoms with van der Waals surface area (Å²) in [6.45, 7) is 1.61. The molecule has 1 fully saturated rings. The third kappa shape index (κ3) is 3.69. The summed E-state index contributed by atoms with van der Waals surface area (Å²) < 4.78 is 0. The van der Waals surface area contributed by atoms with Crippen molar-refractivity contribution >= 4 is 22.5 Å². The van der Waals surface area contributed by atoms with Crippen molar-refractivity contribution in [3.63, 3.8) is 0 Å². The molecule has 6 nitrogen and oxygen atoms in total. The van der Waals surface area contributed by atoms with Crippen LogP contribution in [0.5, 0.6) is 0 Å². The van der Waals surface area contributed by atoms with Crippen molar-refractivity contribution in [3.8, 4) is 11.3 Å². The Hall–Kier alpha value is -3.51. The number of hydrogen-bond donors (Lipinski definition) is 3. The van der Waals surface area contributed by atoms with Crippen LogP contribution in [0.25, 0.3) is 22.2 Å². The molecule has 1 aliphatic rings. The number of nitrogens with zero attached hydrogens (tertiary/aromatic N) is 2. The molecule has 0 bridgehead atoms. The van der Waals surface area contributed by atoms with E-state index < -0.39 is 0 Å². The van der Waals surface area contributed by atoms with Crippen LogP contribution >= 0.6 is 0 Å². The van der Waals surface area contributed by atoms with Gasteiger partial charge in [0.2, 0.25) is 5.91 Å². The Kier molecular flexibility index (Phi) is 4.99. The van der Waals surface area contributed by atoms with Crippen LogP contribution < -0.4 is 10.6 Å². The first-order valence-electron chi connectivity index (χ1n) is 10.2. The molecule has 4 aromatic rings. The largest absolute Gasteiger partial charge is 0.326 e. The minimum absolute atomic E-state index is 0.0523. The summed E-state index contributed by atoms with van der Waals surface area (Å²) in [5, 5.41) is 15.0. The number of carbonyl (C=O) groups excluding carboxylic acids is 1. The predicted octanol–water partition coefficient (Wildman–Crippen LogP) is 3.96. The highest BCUT2D eigenvalue weighted by Crippen LogP contribution is 2.30. The average Bonchev–Trinajstić information content (AvgIpc) is 3.23. The highest BCUT2D eigenvalue weighted by Gasteiger charge is 2.28. The van der Waals surface area contributed by atoms with Gasteiger partial charge in [0.25, 0.3) is 0 Å². The molecule has 6 heteroatoms. The minimum Gasteiger partial charge on any atom is -0.326 e. The summed E-state index contributed by atoms with van der Waals surface area (Å²) in [4.78, 5) is 17.1. The van der Waals surface area contributed by atoms with Gasteiger partial charge in [-0.3, -0.25) is 14.9 Å². The molecule has 3 N–H and O–H groups in total. The molecular formula is C24H23N5O. The first-order valence-corrected chi connectivity index (χ1v) is 10.2. The number of aromatic amines is 1. The van der Waals surface area contributed by atoms with Crippen LogP contribution in [0.15, 0.2) is 73.1 Å². The maximum absolute atomic E-state index is 13.0. The van der Waals surface area contributed by atoms with Crippen LogP contribution in [0.2, 0.25) is 0 Å². The Morgan fingerprint density at radius 3 is 2.67 bits per heavy atom. The molecule has 1 amide bonds. The number of rotatable bonds is 4. The van der Waals surface area contributed by atoms with E-state index in [2.05, 4.69) is 50.1 Å². The number of anilines is 1. The molecule has 30 heavy (non-hydrogen) atoms. The lowest BCUT2D eigenvalue weighted by molar-refractivity contribution is -0.120. The Labute approximate surface area is 174 Å². The lowest BCUT2D eigenvalue weighted by Gasteiger charge is -2.29. The van der Waals surface area contributed by atoms with Gasteiger partial charge in [0.1, 0.15) is 5.69 Å². The molecule has 3 heterocycles. The second-order valence-electron chi connectivity index (χ2n) is 7.76. The first kappa shape index (κ1) is 18.5. The Bertz CT molecular complexity index is 1160. The standard InChI is InChI=1S/C24H23N5O/c30-24(19-12-18(14-26-15-19)16-4-2-1-3-5-16)27-20-6-7-22-21(13-20)23(29-28-22)17-8-10-25-11-9-17/h1-11,13,18-19,26H,12,14-15H2,(H,27,30)(H,28,29). The normalized spacial score (nSPS) is 18.9. The Morgan fingerprint density at radius 2 is 1.83 bits per heavy atom. The molecule has 2 unspecified atom stereocenters. The number of H-pyrrole nitrogens is 1. The van der Waals surface area contributed by atoms with Gasteiger partial charge in [-0.2, -0.15) is 5.10 Å². The second-order valence-corrected chi connectivity index (χ2v) is 7.76. The maximum atomic E-state index is 13.0. The fourth-order valence-electron chi connectivity index (χ4n) is 4.19. The van der Waals surface area contributed by atoms with E-state index in [1.807, 2.05) is 36.4 Å². The number of aromatic nitrogens is 3. The number of carbonyl (C=O) groups is 1. The monoisotopic (exact) mass is 397 g/mol. The molecule has 2 aromatic heterocycles. The quantitative estimate of drug-likeness (QED) is 0.487. The number of nitrogens with one attached hydrogen (secondary N) is 3. The van der Waals surface area contributed by atoms with Gasteiger partial charge in [0.15, 0.2) is 0 Å². The second kappa shape index (κ2) is 8.08. The van der Waals surface area contributed by atoms with Crippen molar-refractivity contribution < 1.29 is 4.79 Å². The maximum Gasteiger partial charge on any atom is 0.228 e. The minimum atomic E-state index is -0.0660. The van der Waals surface area contributed by atoms with Crippen LogP contribution in [0, 0.1) is 5.92 Å². The number of pyridine rings is 1. The Morgan fingerprint density at radius 1 is 1.00 bits per heavy atom. The van der Waals surface area contributed by atoms with Crippen LogP contribution in [-0.4, -0.2) is 34.2 Å². The van der Waals surface area contributed by atoms with Gasteiger partial charge in [-0.1, -0.05) is 30.3 Å². The van der Waals surface area contributed by atoms with Crippen molar-refractivity contribution in [2.75, 3.05) is 18.4 Å². The predicted molar refractivity (Wildman–Crippen MR) is 118 cm³/mol. The zero-order chi connectivity index (χ0) is 20.3. The van der Waals surface area contributed by atoms with Crippen molar-refractivity contribution in [2.45, 2.75) is 12.3 Å². The number of hydrogen-bond acceptors (Lipinski definition) is 4. The summed E-state index contributed by atoms with van der Waals surface area (Å²) in [6.07, 6.45) is 4.35. The first-order chi connectivity index (χ1) is 14.8. The van der Waals surface area contributed by atoms with E-state index in [1.54, 1.807) is 12.4 Å². The SMILES string of the molecule is O=C(Nc1ccc2[nH]nc(-c3ccncc3)c2c1)C1CNCC(c2ccccc2)C1. The molecule has 2 atom stereocenters. The van der Waals surface area contributed by atoms with Gasteiger partial charge in [0.05, 0.1) is 11.4 Å². The molecule has 0 radical (unpaired) electrons. The molecular weight excluding hydrogens is 374 g/mol. The van der Waals surface area contributed by atoms with Crippen molar-refractivity contribution in [2.24, 2.45) is 5.92 Å². The number of piperidine rings is 1. The van der Waals surface area contributed by atoms with E-state index in [9.17, 15) is 4.79 Å². The third-order valence-electron chi connectivity index (χ3n) is 5.78. The Balaban J connectivity index is 1.34. The van der Waals surface area contributed by atoms with Crippen molar-refractivity contribution in [1.29, 1.82) is 0 Å². The number of amides is 1. The summed E-state index contributed by atoms with van der Waals surface area (Å²) in [5.41, 5.74) is 4.84. The van der Waals surface area contributed by atoms with Gasteiger partial charge in [-0.15, -0.1) is 0 Å². The van der Waals surface area contributed by atoms with Crippen molar-refractivity contribution in [1.82, 2.24) is 20.5 Å². The average molecular weight is 397 g/mol. The van der Waals surface area contributed by atoms with E-state index in [1.165, 1.54) is 5.56 Å². The summed E-state index contributed by atoms with van der Waals surface area (Å²) in [7, 11) is 0. The fraction of sp³-hybridized carbons (Fsp3) is 0.208. The van der Waals surface area contributed by atoms with E-state index in [0.29, 0.717) is 12.5 Å². The van der Waals surface area contributed by atoms with Crippen LogP contribution in [0.3, 0.4) is 0 Å². The van der Waals surface area contributed by atoms with E-state index >= 15 is 0 Å². The van der Waals surface area contributed by atoms with Crippen LogP contribution in [-0.2, 0) is 4.79 Å².